The van der Waals surface area contributed by atoms with Crippen molar-refractivity contribution in [1.82, 2.24) is 15.0 Å². The molecule has 4 rings (SSSR count). The molecule has 4 aromatic rings. The number of hydrogen-bond acceptors (Lipinski definition) is 11. The van der Waals surface area contributed by atoms with E-state index in [0.29, 0.717) is 17.7 Å². The molecule has 0 unspecified atom stereocenters. The summed E-state index contributed by atoms with van der Waals surface area (Å²) in [6, 6.07) is 18.5. The van der Waals surface area contributed by atoms with E-state index in [1.807, 2.05) is 0 Å². The minimum atomic E-state index is 0.585. The van der Waals surface area contributed by atoms with Crippen molar-refractivity contribution in [3.05, 3.63) is 61.0 Å². The Bertz CT molecular complexity index is 2270. The highest BCUT2D eigenvalue weighted by molar-refractivity contribution is 8.04. The van der Waals surface area contributed by atoms with Crippen LogP contribution in [0.4, 0.5) is 23.3 Å². The Morgan fingerprint density at radius 3 is 0.690 bits per heavy atom. The summed E-state index contributed by atoms with van der Waals surface area (Å²) in [5, 5.41) is 7.81. The van der Waals surface area contributed by atoms with E-state index in [9.17, 15) is 0 Å². The van der Waals surface area contributed by atoms with Crippen LogP contribution >= 0.6 is 70.6 Å². The second-order valence-corrected chi connectivity index (χ2v) is 35.9. The molecule has 1 aromatic heterocycles. The van der Waals surface area contributed by atoms with Gasteiger partial charge in [-0.25, -0.2) is 0 Å². The molecule has 0 bridgehead atoms. The summed E-state index contributed by atoms with van der Waals surface area (Å²) in [6.07, 6.45) is 74.1. The normalized spacial score (nSPS) is 11.6. The zero-order valence-corrected chi connectivity index (χ0v) is 70.6. The molecule has 1 heterocycles. The molecule has 0 fully saturated rings. The van der Waals surface area contributed by atoms with Crippen LogP contribution in [0.15, 0.2) is 77.9 Å². The number of nitrogens with zero attached hydrogens (tertiary/aromatic N) is 3. The average molecular weight is 1480 g/mol. The maximum atomic E-state index is 5.38. The van der Waals surface area contributed by atoms with Crippen molar-refractivity contribution in [1.29, 1.82) is 0 Å². The quantitative estimate of drug-likeness (QED) is 0.0328. The number of unbranched alkanes of at least 4 members (excludes halogenated alkanes) is 48. The predicted octanol–water partition coefficient (Wildman–Crippen LogP) is 33.1. The first-order chi connectivity index (χ1) is 49.5. The minimum absolute atomic E-state index is 0.585. The predicted molar refractivity (Wildman–Crippen MR) is 461 cm³/mol. The highest BCUT2D eigenvalue weighted by atomic mass is 32.2. The zero-order valence-electron chi connectivity index (χ0n) is 65.8. The van der Waals surface area contributed by atoms with E-state index in [4.69, 9.17) is 15.0 Å². The second kappa shape index (κ2) is 65.6. The van der Waals surface area contributed by atoms with Crippen LogP contribution in [0.2, 0.25) is 0 Å². The summed E-state index contributed by atoms with van der Waals surface area (Å²) in [5.74, 6) is 8.80. The van der Waals surface area contributed by atoms with E-state index >= 15 is 0 Å². The Morgan fingerprint density at radius 2 is 0.470 bits per heavy atom. The zero-order chi connectivity index (χ0) is 71.1. The summed E-state index contributed by atoms with van der Waals surface area (Å²) in [6.45, 7) is 18.2. The van der Waals surface area contributed by atoms with Crippen molar-refractivity contribution in [3.8, 4) is 11.4 Å². The molecular formula is C89H152N5S6. The number of anilines is 4. The van der Waals surface area contributed by atoms with E-state index in [1.165, 1.54) is 393 Å². The van der Waals surface area contributed by atoms with Gasteiger partial charge in [0.15, 0.2) is 5.82 Å². The van der Waals surface area contributed by atoms with Crippen LogP contribution in [0, 0.1) is 6.92 Å². The van der Waals surface area contributed by atoms with Crippen molar-refractivity contribution in [2.24, 2.45) is 0 Å². The van der Waals surface area contributed by atoms with Gasteiger partial charge in [-0.15, -0.1) is 70.6 Å². The Morgan fingerprint density at radius 1 is 0.260 bits per heavy atom. The molecule has 0 aliphatic heterocycles. The topological polar surface area (TPSA) is 62.7 Å². The van der Waals surface area contributed by atoms with E-state index < -0.39 is 0 Å². The van der Waals surface area contributed by atoms with E-state index in [-0.39, 0.29) is 0 Å². The fourth-order valence-corrected chi connectivity index (χ4v) is 20.8. The van der Waals surface area contributed by atoms with Crippen molar-refractivity contribution >= 4 is 93.8 Å². The largest absolute Gasteiger partial charge is 0.324 e. The molecule has 3 aromatic carbocycles. The van der Waals surface area contributed by atoms with Crippen LogP contribution in [0.3, 0.4) is 0 Å². The first-order valence-electron chi connectivity index (χ1n) is 42.8. The molecule has 0 saturated heterocycles. The first-order valence-corrected chi connectivity index (χ1v) is 48.7. The lowest BCUT2D eigenvalue weighted by Gasteiger charge is -2.19. The lowest BCUT2D eigenvalue weighted by Crippen LogP contribution is -2.06. The van der Waals surface area contributed by atoms with Gasteiger partial charge in [-0.05, 0) is 116 Å². The Balaban J connectivity index is 1.75. The summed E-state index contributed by atoms with van der Waals surface area (Å²) in [7, 11) is 0. The molecule has 0 aliphatic rings. The minimum Gasteiger partial charge on any atom is -0.324 e. The van der Waals surface area contributed by atoms with Gasteiger partial charge in [-0.3, -0.25) is 0 Å². The molecule has 1 radical (unpaired) electrons. The lowest BCUT2D eigenvalue weighted by atomic mass is 10.1. The number of nitrogens with one attached hydrogen (secondary N) is 2. The number of benzene rings is 3. The third kappa shape index (κ3) is 45.8. The van der Waals surface area contributed by atoms with E-state index in [0.717, 1.165) is 46.4 Å². The average Bonchev–Trinajstić information content (AvgIpc) is 0.812. The third-order valence-electron chi connectivity index (χ3n) is 19.7. The third-order valence-corrected chi connectivity index (χ3v) is 27.2. The SMILES string of the molecule is [CH2]Cc1ccc(-c2nc(Nc3cc(SCCCCCCCCCCC)c(SCCCCCCCCCCC)c(SCCCCCCCCCCC)c3)nc(Nc3cc(SCCCCCCCCCCC)c(SCCCCCCCCCCC)c(SCCCCCCCCCCC)c3)n2)cc1. The number of aromatic nitrogens is 3. The van der Waals surface area contributed by atoms with E-state index in [2.05, 4.69) is 178 Å². The smallest absolute Gasteiger partial charge is 0.232 e. The van der Waals surface area contributed by atoms with Gasteiger partial charge in [0.25, 0.3) is 0 Å². The van der Waals surface area contributed by atoms with Crippen molar-refractivity contribution in [3.63, 3.8) is 0 Å². The van der Waals surface area contributed by atoms with Gasteiger partial charge < -0.3 is 10.6 Å². The summed E-state index contributed by atoms with van der Waals surface area (Å²) in [5.41, 5.74) is 4.35. The molecule has 0 aliphatic carbocycles. The standard InChI is InChI=1S/C89H152N5S6/c1-8-15-21-27-33-39-45-51-57-67-95-81-73-79(74-82(96-68-58-52-46-40-34-28-22-16-9-2)85(81)99-71-61-55-49-43-37-31-25-19-12-5)90-88-92-87(78-65-63-77(14-7)64-66-78)93-89(94-88)91-80-75-83(97-69-59-53-47-41-35-29-23-17-10-3)86(100-72-62-56-50-44-38-32-26-20-13-6)84(76-80)98-70-60-54-48-42-36-30-24-18-11-4/h63-66,73-76H,7-62,67-72H2,1-6H3,(H2,90,91,92,93,94). The number of hydrogen-bond donors (Lipinski definition) is 2. The van der Waals surface area contributed by atoms with Gasteiger partial charge in [-0.1, -0.05) is 374 Å². The lowest BCUT2D eigenvalue weighted by molar-refractivity contribution is 0.573. The molecule has 100 heavy (non-hydrogen) atoms. The fraction of sp³-hybridized carbons (Fsp3) is 0.753. The molecule has 11 heteroatoms. The van der Waals surface area contributed by atoms with Gasteiger partial charge in [0, 0.05) is 46.3 Å². The molecule has 569 valence electrons. The summed E-state index contributed by atoms with van der Waals surface area (Å²) in [4.78, 5) is 24.7. The van der Waals surface area contributed by atoms with Crippen LogP contribution in [-0.2, 0) is 6.42 Å². The maximum absolute atomic E-state index is 5.38. The van der Waals surface area contributed by atoms with Gasteiger partial charge in [0.2, 0.25) is 11.9 Å². The fourth-order valence-electron chi connectivity index (χ4n) is 13.3. The molecule has 0 amide bonds. The molecule has 0 saturated carbocycles. The van der Waals surface area contributed by atoms with Crippen molar-refractivity contribution in [2.45, 2.75) is 424 Å². The van der Waals surface area contributed by atoms with Gasteiger partial charge >= 0.3 is 0 Å². The van der Waals surface area contributed by atoms with Crippen LogP contribution in [0.5, 0.6) is 0 Å². The van der Waals surface area contributed by atoms with E-state index in [1.54, 1.807) is 0 Å². The van der Waals surface area contributed by atoms with Crippen LogP contribution in [0.25, 0.3) is 11.4 Å². The highest BCUT2D eigenvalue weighted by Crippen LogP contribution is 2.45. The number of thioether (sulfide) groups is 6. The maximum Gasteiger partial charge on any atom is 0.232 e. The molecule has 5 nitrogen and oxygen atoms in total. The van der Waals surface area contributed by atoms with Crippen molar-refractivity contribution < 1.29 is 0 Å². The summed E-state index contributed by atoms with van der Waals surface area (Å²) >= 11 is 12.7. The Hall–Kier alpha value is -1.63. The van der Waals surface area contributed by atoms with Gasteiger partial charge in [0.05, 0.1) is 0 Å². The van der Waals surface area contributed by atoms with Crippen LogP contribution in [-0.4, -0.2) is 49.5 Å². The highest BCUT2D eigenvalue weighted by Gasteiger charge is 2.19. The van der Waals surface area contributed by atoms with Crippen molar-refractivity contribution in [2.75, 3.05) is 45.2 Å². The molecule has 0 spiro atoms. The number of rotatable bonds is 72. The van der Waals surface area contributed by atoms with Crippen LogP contribution in [0.1, 0.15) is 394 Å². The molecule has 2 N–H and O–H groups in total. The Kier molecular flexibility index (Phi) is 59.6. The Labute approximate surface area is 645 Å². The second-order valence-electron chi connectivity index (χ2n) is 29.2. The molecular weight excluding hydrogens is 1330 g/mol. The van der Waals surface area contributed by atoms with Gasteiger partial charge in [-0.2, -0.15) is 15.0 Å². The molecule has 0 atom stereocenters. The monoisotopic (exact) mass is 1480 g/mol. The van der Waals surface area contributed by atoms with Crippen LogP contribution < -0.4 is 10.6 Å². The van der Waals surface area contributed by atoms with Gasteiger partial charge in [0.1, 0.15) is 0 Å². The summed E-state index contributed by atoms with van der Waals surface area (Å²) < 4.78 is 0. The first kappa shape index (κ1) is 90.8.